The first-order valence-electron chi connectivity index (χ1n) is 8.78. The number of fused-ring (bicyclic) bond motifs is 1. The van der Waals surface area contributed by atoms with Crippen LogP contribution in [0.25, 0.3) is 22.2 Å². The van der Waals surface area contributed by atoms with Gasteiger partial charge in [0.1, 0.15) is 11.6 Å². The minimum atomic E-state index is -0.0507. The van der Waals surface area contributed by atoms with Crippen LogP contribution >= 0.6 is 0 Å². The highest BCUT2D eigenvalue weighted by molar-refractivity contribution is 5.93. The summed E-state index contributed by atoms with van der Waals surface area (Å²) in [6.07, 6.45) is 2.62. The number of hydrogen-bond donors (Lipinski definition) is 3. The van der Waals surface area contributed by atoms with Crippen molar-refractivity contribution in [3.05, 3.63) is 66.4 Å². The van der Waals surface area contributed by atoms with Gasteiger partial charge in [-0.15, -0.1) is 0 Å². The van der Waals surface area contributed by atoms with Crippen molar-refractivity contribution in [2.75, 3.05) is 12.4 Å². The van der Waals surface area contributed by atoms with Crippen molar-refractivity contribution in [3.63, 3.8) is 0 Å². The summed E-state index contributed by atoms with van der Waals surface area (Å²) in [5, 5.41) is 10.5. The molecule has 4 rings (SSSR count). The Morgan fingerprint density at radius 1 is 1.11 bits per heavy atom. The van der Waals surface area contributed by atoms with E-state index in [9.17, 15) is 4.79 Å². The first kappa shape index (κ1) is 16.9. The van der Waals surface area contributed by atoms with Crippen LogP contribution in [0, 0.1) is 0 Å². The summed E-state index contributed by atoms with van der Waals surface area (Å²) in [5.41, 5.74) is 4.30. The zero-order valence-corrected chi connectivity index (χ0v) is 15.0. The van der Waals surface area contributed by atoms with E-state index in [0.717, 1.165) is 33.5 Å². The molecule has 6 nitrogen and oxygen atoms in total. The monoisotopic (exact) mass is 360 g/mol. The number of aromatic nitrogens is 3. The van der Waals surface area contributed by atoms with E-state index in [1.54, 1.807) is 19.4 Å². The van der Waals surface area contributed by atoms with Gasteiger partial charge in [0.2, 0.25) is 5.91 Å². The maximum Gasteiger partial charge on any atom is 0.225 e. The standard InChI is InChI=1S/C21H20N4O2/c1-27-15-8-6-14(7-9-15)21-17(16-4-2-3-5-18(16)23-21)10-11-20(26)24-19-12-13-22-25-19/h2-9,12-13,23H,10-11H2,1H3,(H2,22,24,25,26). The number of H-pyrrole nitrogens is 2. The van der Waals surface area contributed by atoms with Crippen molar-refractivity contribution in [2.24, 2.45) is 0 Å². The average Bonchev–Trinajstić information content (AvgIpc) is 3.34. The van der Waals surface area contributed by atoms with Crippen molar-refractivity contribution in [1.82, 2.24) is 15.2 Å². The van der Waals surface area contributed by atoms with E-state index in [4.69, 9.17) is 4.74 Å². The molecule has 6 heteroatoms. The molecule has 1 amide bonds. The third-order valence-corrected chi connectivity index (χ3v) is 4.57. The fourth-order valence-electron chi connectivity index (χ4n) is 3.24. The number of aryl methyl sites for hydroxylation is 1. The predicted molar refractivity (Wildman–Crippen MR) is 106 cm³/mol. The van der Waals surface area contributed by atoms with Crippen LogP contribution in [0.4, 0.5) is 5.82 Å². The van der Waals surface area contributed by atoms with Gasteiger partial charge in [-0.25, -0.2) is 0 Å². The second-order valence-electron chi connectivity index (χ2n) is 6.27. The molecule has 0 unspecified atom stereocenters. The van der Waals surface area contributed by atoms with Gasteiger partial charge in [-0.2, -0.15) is 5.10 Å². The van der Waals surface area contributed by atoms with Gasteiger partial charge in [-0.1, -0.05) is 18.2 Å². The Labute approximate surface area is 156 Å². The molecular formula is C21H20N4O2. The SMILES string of the molecule is COc1ccc(-c2[nH]c3ccccc3c2CCC(=O)Nc2ccn[nH]2)cc1. The lowest BCUT2D eigenvalue weighted by atomic mass is 10.0. The number of hydrogen-bond acceptors (Lipinski definition) is 3. The average molecular weight is 360 g/mol. The largest absolute Gasteiger partial charge is 0.497 e. The molecule has 4 aromatic rings. The molecule has 0 radical (unpaired) electrons. The van der Waals surface area contributed by atoms with Crippen LogP contribution in [0.15, 0.2) is 60.8 Å². The Kier molecular flexibility index (Phi) is 4.61. The maximum atomic E-state index is 12.3. The van der Waals surface area contributed by atoms with Gasteiger partial charge in [0.25, 0.3) is 0 Å². The number of methoxy groups -OCH3 is 1. The summed E-state index contributed by atoms with van der Waals surface area (Å²) in [4.78, 5) is 15.8. The minimum Gasteiger partial charge on any atom is -0.497 e. The summed E-state index contributed by atoms with van der Waals surface area (Å²) in [6.45, 7) is 0. The molecule has 0 saturated heterocycles. The predicted octanol–water partition coefficient (Wildman–Crippen LogP) is 4.14. The van der Waals surface area contributed by atoms with Gasteiger partial charge in [-0.3, -0.25) is 9.89 Å². The molecule has 136 valence electrons. The zero-order chi connectivity index (χ0) is 18.6. The fraction of sp³-hybridized carbons (Fsp3) is 0.143. The molecule has 2 aromatic heterocycles. The number of anilines is 1. The highest BCUT2D eigenvalue weighted by Crippen LogP contribution is 2.32. The summed E-state index contributed by atoms with van der Waals surface area (Å²) < 4.78 is 5.25. The second-order valence-corrected chi connectivity index (χ2v) is 6.27. The van der Waals surface area contributed by atoms with Crippen LogP contribution in [-0.2, 0) is 11.2 Å². The molecule has 0 aliphatic rings. The summed E-state index contributed by atoms with van der Waals surface area (Å²) in [6, 6.07) is 17.8. The third kappa shape index (κ3) is 3.55. The van der Waals surface area contributed by atoms with Gasteiger partial charge < -0.3 is 15.0 Å². The van der Waals surface area contributed by atoms with E-state index in [-0.39, 0.29) is 5.91 Å². The lowest BCUT2D eigenvalue weighted by Crippen LogP contribution is -2.12. The number of aromatic amines is 2. The maximum absolute atomic E-state index is 12.3. The van der Waals surface area contributed by atoms with Crippen molar-refractivity contribution in [1.29, 1.82) is 0 Å². The van der Waals surface area contributed by atoms with Crippen LogP contribution in [0.3, 0.4) is 0 Å². The molecule has 3 N–H and O–H groups in total. The fourth-order valence-corrected chi connectivity index (χ4v) is 3.24. The van der Waals surface area contributed by atoms with Crippen molar-refractivity contribution in [2.45, 2.75) is 12.8 Å². The Morgan fingerprint density at radius 2 is 1.93 bits per heavy atom. The van der Waals surface area contributed by atoms with Crippen LogP contribution in [0.1, 0.15) is 12.0 Å². The van der Waals surface area contributed by atoms with E-state index in [0.29, 0.717) is 18.7 Å². The highest BCUT2D eigenvalue weighted by Gasteiger charge is 2.15. The number of carbonyl (C=O) groups is 1. The lowest BCUT2D eigenvalue weighted by Gasteiger charge is -2.07. The van der Waals surface area contributed by atoms with E-state index in [2.05, 4.69) is 32.6 Å². The first-order chi connectivity index (χ1) is 13.2. The Hall–Kier alpha value is -3.54. The van der Waals surface area contributed by atoms with Crippen LogP contribution in [-0.4, -0.2) is 28.2 Å². The smallest absolute Gasteiger partial charge is 0.225 e. The number of carbonyl (C=O) groups excluding carboxylic acids is 1. The Morgan fingerprint density at radius 3 is 2.67 bits per heavy atom. The van der Waals surface area contributed by atoms with Gasteiger partial charge in [0.05, 0.1) is 13.3 Å². The van der Waals surface area contributed by atoms with E-state index in [1.165, 1.54) is 0 Å². The number of ether oxygens (including phenoxy) is 1. The van der Waals surface area contributed by atoms with Gasteiger partial charge in [0, 0.05) is 29.1 Å². The van der Waals surface area contributed by atoms with Crippen molar-refractivity contribution >= 4 is 22.6 Å². The molecule has 0 saturated carbocycles. The quantitative estimate of drug-likeness (QED) is 0.483. The number of amides is 1. The number of rotatable bonds is 6. The summed E-state index contributed by atoms with van der Waals surface area (Å²) in [5.74, 6) is 1.37. The molecule has 0 aliphatic carbocycles. The molecule has 0 atom stereocenters. The summed E-state index contributed by atoms with van der Waals surface area (Å²) >= 11 is 0. The highest BCUT2D eigenvalue weighted by atomic mass is 16.5. The zero-order valence-electron chi connectivity index (χ0n) is 15.0. The molecule has 2 heterocycles. The molecule has 0 fully saturated rings. The normalized spacial score (nSPS) is 10.9. The van der Waals surface area contributed by atoms with Gasteiger partial charge in [0.15, 0.2) is 0 Å². The minimum absolute atomic E-state index is 0.0507. The van der Waals surface area contributed by atoms with Gasteiger partial charge in [-0.05, 0) is 47.9 Å². The molecule has 0 bridgehead atoms. The van der Waals surface area contributed by atoms with Gasteiger partial charge >= 0.3 is 0 Å². The molecule has 0 spiro atoms. The molecule has 2 aromatic carbocycles. The topological polar surface area (TPSA) is 82.8 Å². The van der Waals surface area contributed by atoms with E-state index in [1.807, 2.05) is 36.4 Å². The number of benzene rings is 2. The van der Waals surface area contributed by atoms with Crippen molar-refractivity contribution < 1.29 is 9.53 Å². The van der Waals surface area contributed by atoms with Crippen LogP contribution < -0.4 is 10.1 Å². The second kappa shape index (κ2) is 7.37. The van der Waals surface area contributed by atoms with E-state index < -0.39 is 0 Å². The Bertz CT molecular complexity index is 1050. The first-order valence-corrected chi connectivity index (χ1v) is 8.78. The number of para-hydroxylation sites is 1. The summed E-state index contributed by atoms with van der Waals surface area (Å²) in [7, 11) is 1.65. The molecule has 0 aliphatic heterocycles. The molecular weight excluding hydrogens is 340 g/mol. The van der Waals surface area contributed by atoms with Crippen LogP contribution in [0.2, 0.25) is 0 Å². The Balaban J connectivity index is 1.62. The van der Waals surface area contributed by atoms with Crippen molar-refractivity contribution in [3.8, 4) is 17.0 Å². The number of nitrogens with one attached hydrogen (secondary N) is 3. The van der Waals surface area contributed by atoms with Crippen LogP contribution in [0.5, 0.6) is 5.75 Å². The molecule has 27 heavy (non-hydrogen) atoms. The number of nitrogens with zero attached hydrogens (tertiary/aromatic N) is 1. The van der Waals surface area contributed by atoms with E-state index >= 15 is 0 Å². The third-order valence-electron chi connectivity index (χ3n) is 4.57. The lowest BCUT2D eigenvalue weighted by molar-refractivity contribution is -0.116.